The standard InChI is InChI=1S/C23H27FN4O3S/c1-15(2)20(27-22(29)16-9-11-17(24)12-10-16)23(30)25-13-5-3-4-8-19-26-21(28-31-19)18-7-6-14-32-18/h6-7,9-12,14-15,20H,3-5,8,13H2,1-2H3,(H,25,30)(H,27,29)/t20-/m0/s1. The summed E-state index contributed by atoms with van der Waals surface area (Å²) in [7, 11) is 0. The average Bonchev–Trinajstić information content (AvgIpc) is 3.46. The molecule has 1 atom stereocenters. The van der Waals surface area contributed by atoms with Crippen LogP contribution in [0.4, 0.5) is 4.39 Å². The summed E-state index contributed by atoms with van der Waals surface area (Å²) in [6, 6.07) is 8.46. The van der Waals surface area contributed by atoms with Crippen LogP contribution in [0.3, 0.4) is 0 Å². The number of aryl methyl sites for hydroxylation is 1. The Bertz CT molecular complexity index is 1000. The molecule has 32 heavy (non-hydrogen) atoms. The number of aromatic nitrogens is 2. The molecule has 1 aromatic carbocycles. The van der Waals surface area contributed by atoms with Crippen molar-refractivity contribution < 1.29 is 18.5 Å². The van der Waals surface area contributed by atoms with E-state index >= 15 is 0 Å². The Morgan fingerprint density at radius 3 is 2.59 bits per heavy atom. The van der Waals surface area contributed by atoms with E-state index in [0.717, 1.165) is 24.1 Å². The Hall–Kier alpha value is -3.07. The third-order valence-electron chi connectivity index (χ3n) is 4.92. The maximum absolute atomic E-state index is 13.0. The van der Waals surface area contributed by atoms with E-state index in [1.807, 2.05) is 31.4 Å². The summed E-state index contributed by atoms with van der Waals surface area (Å²) < 4.78 is 18.3. The van der Waals surface area contributed by atoms with Gasteiger partial charge in [-0.25, -0.2) is 4.39 Å². The molecule has 0 aliphatic heterocycles. The molecule has 2 heterocycles. The van der Waals surface area contributed by atoms with Gasteiger partial charge in [0.05, 0.1) is 4.88 Å². The van der Waals surface area contributed by atoms with Gasteiger partial charge in [-0.1, -0.05) is 31.5 Å². The molecule has 170 valence electrons. The summed E-state index contributed by atoms with van der Waals surface area (Å²) in [6.45, 7) is 4.24. The first kappa shape index (κ1) is 23.6. The lowest BCUT2D eigenvalue weighted by Crippen LogP contribution is -2.49. The van der Waals surface area contributed by atoms with Crippen molar-refractivity contribution in [3.8, 4) is 10.7 Å². The van der Waals surface area contributed by atoms with Crippen molar-refractivity contribution in [2.75, 3.05) is 6.54 Å². The molecule has 0 saturated heterocycles. The number of nitrogens with zero attached hydrogens (tertiary/aromatic N) is 2. The summed E-state index contributed by atoms with van der Waals surface area (Å²) in [5, 5.41) is 11.6. The van der Waals surface area contributed by atoms with Crippen molar-refractivity contribution in [2.45, 2.75) is 45.6 Å². The van der Waals surface area contributed by atoms with Crippen molar-refractivity contribution in [2.24, 2.45) is 5.92 Å². The molecule has 7 nitrogen and oxygen atoms in total. The topological polar surface area (TPSA) is 97.1 Å². The van der Waals surface area contributed by atoms with Crippen LogP contribution in [0.15, 0.2) is 46.3 Å². The molecule has 0 unspecified atom stereocenters. The van der Waals surface area contributed by atoms with Crippen LogP contribution in [0.2, 0.25) is 0 Å². The highest BCUT2D eigenvalue weighted by Crippen LogP contribution is 2.21. The molecule has 2 aromatic heterocycles. The molecular formula is C23H27FN4O3S. The monoisotopic (exact) mass is 458 g/mol. The van der Waals surface area contributed by atoms with Gasteiger partial charge in [0.15, 0.2) is 0 Å². The Labute approximate surface area is 190 Å². The summed E-state index contributed by atoms with van der Waals surface area (Å²) in [5.41, 5.74) is 0.313. The third-order valence-corrected chi connectivity index (χ3v) is 5.78. The normalized spacial score (nSPS) is 12.0. The van der Waals surface area contributed by atoms with Crippen molar-refractivity contribution in [3.63, 3.8) is 0 Å². The van der Waals surface area contributed by atoms with E-state index in [9.17, 15) is 14.0 Å². The van der Waals surface area contributed by atoms with Crippen molar-refractivity contribution in [3.05, 3.63) is 59.0 Å². The van der Waals surface area contributed by atoms with Crippen LogP contribution in [-0.4, -0.2) is 34.5 Å². The Morgan fingerprint density at radius 2 is 1.91 bits per heavy atom. The Morgan fingerprint density at radius 1 is 1.12 bits per heavy atom. The molecule has 0 saturated carbocycles. The van der Waals surface area contributed by atoms with E-state index in [2.05, 4.69) is 20.8 Å². The summed E-state index contributed by atoms with van der Waals surface area (Å²) in [4.78, 5) is 30.3. The van der Waals surface area contributed by atoms with Crippen LogP contribution >= 0.6 is 11.3 Å². The highest BCUT2D eigenvalue weighted by atomic mass is 32.1. The number of benzene rings is 1. The fraction of sp³-hybridized carbons (Fsp3) is 0.391. The fourth-order valence-corrected chi connectivity index (χ4v) is 3.77. The maximum Gasteiger partial charge on any atom is 0.251 e. The maximum atomic E-state index is 13.0. The van der Waals surface area contributed by atoms with Gasteiger partial charge in [-0.05, 0) is 54.5 Å². The van der Waals surface area contributed by atoms with Gasteiger partial charge >= 0.3 is 0 Å². The number of rotatable bonds is 11. The number of nitrogens with one attached hydrogen (secondary N) is 2. The SMILES string of the molecule is CC(C)[C@H](NC(=O)c1ccc(F)cc1)C(=O)NCCCCCc1nc(-c2cccs2)no1. The molecule has 0 bridgehead atoms. The van der Waals surface area contributed by atoms with E-state index in [4.69, 9.17) is 4.52 Å². The highest BCUT2D eigenvalue weighted by molar-refractivity contribution is 7.13. The Kier molecular flexibility index (Phi) is 8.49. The van der Waals surface area contributed by atoms with E-state index < -0.39 is 17.8 Å². The van der Waals surface area contributed by atoms with E-state index in [0.29, 0.717) is 30.2 Å². The molecule has 2 N–H and O–H groups in total. The highest BCUT2D eigenvalue weighted by Gasteiger charge is 2.24. The molecule has 0 aliphatic carbocycles. The number of amides is 2. The molecule has 3 aromatic rings. The smallest absolute Gasteiger partial charge is 0.251 e. The van der Waals surface area contributed by atoms with Crippen molar-refractivity contribution >= 4 is 23.2 Å². The molecule has 3 rings (SSSR count). The van der Waals surface area contributed by atoms with Gasteiger partial charge < -0.3 is 15.2 Å². The van der Waals surface area contributed by atoms with Crippen LogP contribution in [-0.2, 0) is 11.2 Å². The summed E-state index contributed by atoms with van der Waals surface area (Å²) >= 11 is 1.57. The van der Waals surface area contributed by atoms with Gasteiger partial charge in [0.25, 0.3) is 5.91 Å². The number of hydrogen-bond donors (Lipinski definition) is 2. The molecule has 0 fully saturated rings. The van der Waals surface area contributed by atoms with Gasteiger partial charge in [0.2, 0.25) is 17.6 Å². The van der Waals surface area contributed by atoms with Crippen molar-refractivity contribution in [1.29, 1.82) is 0 Å². The fourth-order valence-electron chi connectivity index (χ4n) is 3.12. The minimum Gasteiger partial charge on any atom is -0.354 e. The molecule has 0 aliphatic rings. The number of hydrogen-bond acceptors (Lipinski definition) is 6. The average molecular weight is 459 g/mol. The lowest BCUT2D eigenvalue weighted by Gasteiger charge is -2.21. The molecule has 2 amide bonds. The van der Waals surface area contributed by atoms with E-state index in [1.54, 1.807) is 11.3 Å². The lowest BCUT2D eigenvalue weighted by molar-refractivity contribution is -0.123. The van der Waals surface area contributed by atoms with Gasteiger partial charge in [-0.15, -0.1) is 11.3 Å². The predicted octanol–water partition coefficient (Wildman–Crippen LogP) is 4.22. The van der Waals surface area contributed by atoms with Gasteiger partial charge in [0, 0.05) is 18.5 Å². The second-order valence-corrected chi connectivity index (χ2v) is 8.74. The van der Waals surface area contributed by atoms with E-state index in [1.165, 1.54) is 24.3 Å². The van der Waals surface area contributed by atoms with Crippen LogP contribution in [0.25, 0.3) is 10.7 Å². The first-order valence-corrected chi connectivity index (χ1v) is 11.5. The van der Waals surface area contributed by atoms with Gasteiger partial charge in [0.1, 0.15) is 11.9 Å². The largest absolute Gasteiger partial charge is 0.354 e. The number of halogens is 1. The zero-order valence-electron chi connectivity index (χ0n) is 18.1. The number of carbonyl (C=O) groups is 2. The Balaban J connectivity index is 1.37. The molecule has 9 heteroatoms. The molecular weight excluding hydrogens is 431 g/mol. The zero-order valence-corrected chi connectivity index (χ0v) is 19.0. The quantitative estimate of drug-likeness (QED) is 0.419. The first-order chi connectivity index (χ1) is 15.4. The van der Waals surface area contributed by atoms with Gasteiger partial charge in [-0.3, -0.25) is 9.59 Å². The molecule has 0 radical (unpaired) electrons. The minimum absolute atomic E-state index is 0.0885. The predicted molar refractivity (Wildman–Crippen MR) is 121 cm³/mol. The van der Waals surface area contributed by atoms with Crippen LogP contribution in [0.1, 0.15) is 49.4 Å². The molecule has 0 spiro atoms. The third kappa shape index (κ3) is 6.71. The summed E-state index contributed by atoms with van der Waals surface area (Å²) in [5.74, 6) is 0.0926. The number of unbranched alkanes of at least 4 members (excludes halogenated alkanes) is 2. The summed E-state index contributed by atoms with van der Waals surface area (Å²) in [6.07, 6.45) is 3.26. The van der Waals surface area contributed by atoms with Gasteiger partial charge in [-0.2, -0.15) is 4.98 Å². The minimum atomic E-state index is -0.665. The van der Waals surface area contributed by atoms with Crippen LogP contribution in [0.5, 0.6) is 0 Å². The number of carbonyl (C=O) groups excluding carboxylic acids is 2. The van der Waals surface area contributed by atoms with Crippen LogP contribution < -0.4 is 10.6 Å². The number of thiophene rings is 1. The zero-order chi connectivity index (χ0) is 22.9. The second-order valence-electron chi connectivity index (χ2n) is 7.79. The van der Waals surface area contributed by atoms with Crippen molar-refractivity contribution in [1.82, 2.24) is 20.8 Å². The lowest BCUT2D eigenvalue weighted by atomic mass is 10.0. The van der Waals surface area contributed by atoms with Crippen LogP contribution in [0, 0.1) is 11.7 Å². The first-order valence-electron chi connectivity index (χ1n) is 10.6. The van der Waals surface area contributed by atoms with E-state index in [-0.39, 0.29) is 11.8 Å². The second kappa shape index (κ2) is 11.5.